The lowest BCUT2D eigenvalue weighted by molar-refractivity contribution is 0.0851. The lowest BCUT2D eigenvalue weighted by Crippen LogP contribution is -2.44. The predicted molar refractivity (Wildman–Crippen MR) is 71.5 cm³/mol. The van der Waals surface area contributed by atoms with Crippen LogP contribution in [0.1, 0.15) is 59.8 Å². The highest BCUT2D eigenvalue weighted by Crippen LogP contribution is 2.45. The van der Waals surface area contributed by atoms with Gasteiger partial charge < -0.3 is 11.1 Å². The number of unbranched alkanes of at least 4 members (excludes halogenated alkanes) is 1. The molecule has 3 N–H and O–H groups in total. The van der Waals surface area contributed by atoms with Gasteiger partial charge in [0.15, 0.2) is 0 Å². The lowest BCUT2D eigenvalue weighted by atomic mass is 9.63. The summed E-state index contributed by atoms with van der Waals surface area (Å²) in [4.78, 5) is 0. The van der Waals surface area contributed by atoms with Gasteiger partial charge in [-0.15, -0.1) is 0 Å². The molecule has 2 heteroatoms. The third-order valence-corrected chi connectivity index (χ3v) is 3.62. The molecule has 0 atom stereocenters. The Bertz CT molecular complexity index is 193. The molecule has 0 heterocycles. The number of hydrogen-bond donors (Lipinski definition) is 2. The van der Waals surface area contributed by atoms with Crippen molar-refractivity contribution in [3.05, 3.63) is 0 Å². The molecule has 0 aromatic heterocycles. The van der Waals surface area contributed by atoms with Crippen molar-refractivity contribution in [2.24, 2.45) is 16.6 Å². The number of nitrogens with two attached hydrogens (primary N) is 1. The minimum Gasteiger partial charge on any atom is -0.330 e. The van der Waals surface area contributed by atoms with E-state index in [9.17, 15) is 0 Å². The van der Waals surface area contributed by atoms with Crippen molar-refractivity contribution in [3.8, 4) is 0 Å². The van der Waals surface area contributed by atoms with Crippen LogP contribution in [0.3, 0.4) is 0 Å². The fourth-order valence-corrected chi connectivity index (χ4v) is 3.57. The van der Waals surface area contributed by atoms with E-state index in [0.717, 1.165) is 19.5 Å². The molecule has 1 aliphatic carbocycles. The molecule has 0 aromatic carbocycles. The van der Waals surface area contributed by atoms with Crippen LogP contribution in [0.25, 0.3) is 0 Å². The summed E-state index contributed by atoms with van der Waals surface area (Å²) in [6, 6.07) is 0.705. The van der Waals surface area contributed by atoms with Gasteiger partial charge in [-0.3, -0.25) is 0 Å². The molecule has 0 radical (unpaired) electrons. The SMILES string of the molecule is CC1(C)CC(NCCCCN)CC(C)(C)C1. The van der Waals surface area contributed by atoms with E-state index in [1.807, 2.05) is 0 Å². The Morgan fingerprint density at radius 1 is 1.06 bits per heavy atom. The Balaban J connectivity index is 2.36. The first-order valence-corrected chi connectivity index (χ1v) is 6.78. The monoisotopic (exact) mass is 226 g/mol. The first kappa shape index (κ1) is 14.0. The van der Waals surface area contributed by atoms with Crippen LogP contribution in [0.15, 0.2) is 0 Å². The molecular formula is C14H30N2. The van der Waals surface area contributed by atoms with E-state index in [2.05, 4.69) is 33.0 Å². The van der Waals surface area contributed by atoms with E-state index in [4.69, 9.17) is 5.73 Å². The van der Waals surface area contributed by atoms with Crippen LogP contribution in [0.4, 0.5) is 0 Å². The molecule has 1 saturated carbocycles. The van der Waals surface area contributed by atoms with Crippen molar-refractivity contribution in [1.82, 2.24) is 5.32 Å². The van der Waals surface area contributed by atoms with Crippen LogP contribution in [0.2, 0.25) is 0 Å². The first-order chi connectivity index (χ1) is 7.35. The molecular weight excluding hydrogens is 196 g/mol. The van der Waals surface area contributed by atoms with Crippen LogP contribution in [0.5, 0.6) is 0 Å². The Morgan fingerprint density at radius 2 is 1.62 bits per heavy atom. The van der Waals surface area contributed by atoms with Gasteiger partial charge in [0.25, 0.3) is 0 Å². The molecule has 16 heavy (non-hydrogen) atoms. The molecule has 1 rings (SSSR count). The molecule has 0 unspecified atom stereocenters. The van der Waals surface area contributed by atoms with Crippen LogP contribution in [0, 0.1) is 10.8 Å². The van der Waals surface area contributed by atoms with Crippen molar-refractivity contribution in [3.63, 3.8) is 0 Å². The largest absolute Gasteiger partial charge is 0.330 e. The van der Waals surface area contributed by atoms with E-state index in [-0.39, 0.29) is 0 Å². The minimum absolute atomic E-state index is 0.493. The highest BCUT2D eigenvalue weighted by molar-refractivity contribution is 4.92. The Kier molecular flexibility index (Phi) is 4.81. The lowest BCUT2D eigenvalue weighted by Gasteiger charge is -2.45. The maximum Gasteiger partial charge on any atom is 0.00772 e. The van der Waals surface area contributed by atoms with Gasteiger partial charge in [-0.25, -0.2) is 0 Å². The average Bonchev–Trinajstić information content (AvgIpc) is 2.07. The fraction of sp³-hybridized carbons (Fsp3) is 1.00. The van der Waals surface area contributed by atoms with Crippen molar-refractivity contribution in [1.29, 1.82) is 0 Å². The van der Waals surface area contributed by atoms with E-state index in [0.29, 0.717) is 16.9 Å². The van der Waals surface area contributed by atoms with E-state index in [1.165, 1.54) is 25.7 Å². The van der Waals surface area contributed by atoms with Gasteiger partial charge in [-0.1, -0.05) is 27.7 Å². The average molecular weight is 226 g/mol. The molecule has 0 bridgehead atoms. The second-order valence-corrected chi connectivity index (χ2v) is 7.06. The molecule has 0 aromatic rings. The van der Waals surface area contributed by atoms with Gasteiger partial charge in [0.2, 0.25) is 0 Å². The van der Waals surface area contributed by atoms with Gasteiger partial charge in [-0.05, 0) is 56.0 Å². The minimum atomic E-state index is 0.493. The second kappa shape index (κ2) is 5.50. The Hall–Kier alpha value is -0.0800. The molecule has 1 fully saturated rings. The zero-order valence-electron chi connectivity index (χ0n) is 11.6. The number of rotatable bonds is 5. The van der Waals surface area contributed by atoms with E-state index >= 15 is 0 Å². The zero-order chi connectivity index (χ0) is 12.2. The summed E-state index contributed by atoms with van der Waals surface area (Å²) in [5, 5.41) is 3.71. The van der Waals surface area contributed by atoms with Gasteiger partial charge in [0, 0.05) is 6.04 Å². The zero-order valence-corrected chi connectivity index (χ0v) is 11.6. The third kappa shape index (κ3) is 4.84. The van der Waals surface area contributed by atoms with Crippen LogP contribution in [-0.4, -0.2) is 19.1 Å². The van der Waals surface area contributed by atoms with Gasteiger partial charge in [-0.2, -0.15) is 0 Å². The Morgan fingerprint density at radius 3 is 2.12 bits per heavy atom. The quantitative estimate of drug-likeness (QED) is 0.707. The number of hydrogen-bond acceptors (Lipinski definition) is 2. The highest BCUT2D eigenvalue weighted by Gasteiger charge is 2.37. The summed E-state index contributed by atoms with van der Waals surface area (Å²) < 4.78 is 0. The Labute approximate surface area is 101 Å². The maximum absolute atomic E-state index is 5.51. The van der Waals surface area contributed by atoms with Crippen LogP contribution < -0.4 is 11.1 Å². The fourth-order valence-electron chi connectivity index (χ4n) is 3.57. The number of nitrogens with one attached hydrogen (secondary N) is 1. The van der Waals surface area contributed by atoms with E-state index in [1.54, 1.807) is 0 Å². The highest BCUT2D eigenvalue weighted by atomic mass is 14.9. The summed E-state index contributed by atoms with van der Waals surface area (Å²) in [5.41, 5.74) is 6.49. The molecule has 2 nitrogen and oxygen atoms in total. The first-order valence-electron chi connectivity index (χ1n) is 6.78. The predicted octanol–water partition coefficient (Wildman–Crippen LogP) is 2.92. The normalized spacial score (nSPS) is 24.6. The summed E-state index contributed by atoms with van der Waals surface area (Å²) in [5.74, 6) is 0. The van der Waals surface area contributed by atoms with Gasteiger partial charge >= 0.3 is 0 Å². The van der Waals surface area contributed by atoms with Gasteiger partial charge in [0.1, 0.15) is 0 Å². The summed E-state index contributed by atoms with van der Waals surface area (Å²) in [7, 11) is 0. The molecule has 0 aliphatic heterocycles. The van der Waals surface area contributed by atoms with Crippen molar-refractivity contribution in [2.45, 2.75) is 65.8 Å². The van der Waals surface area contributed by atoms with Crippen LogP contribution in [-0.2, 0) is 0 Å². The molecule has 1 aliphatic rings. The molecule has 96 valence electrons. The third-order valence-electron chi connectivity index (χ3n) is 3.62. The van der Waals surface area contributed by atoms with Gasteiger partial charge in [0.05, 0.1) is 0 Å². The van der Waals surface area contributed by atoms with Crippen molar-refractivity contribution < 1.29 is 0 Å². The molecule has 0 saturated heterocycles. The van der Waals surface area contributed by atoms with Crippen LogP contribution >= 0.6 is 0 Å². The maximum atomic E-state index is 5.51. The molecule has 0 amide bonds. The van der Waals surface area contributed by atoms with E-state index < -0.39 is 0 Å². The van der Waals surface area contributed by atoms with Crippen molar-refractivity contribution >= 4 is 0 Å². The summed E-state index contributed by atoms with van der Waals surface area (Å²) in [6.07, 6.45) is 6.35. The second-order valence-electron chi connectivity index (χ2n) is 7.06. The molecule has 0 spiro atoms. The summed E-state index contributed by atoms with van der Waals surface area (Å²) in [6.45, 7) is 11.6. The topological polar surface area (TPSA) is 38.0 Å². The van der Waals surface area contributed by atoms with Crippen molar-refractivity contribution in [2.75, 3.05) is 13.1 Å². The smallest absolute Gasteiger partial charge is 0.00772 e. The standard InChI is InChI=1S/C14H30N2/c1-13(2)9-12(10-14(3,4)11-13)16-8-6-5-7-15/h12,16H,5-11,15H2,1-4H3. The summed E-state index contributed by atoms with van der Waals surface area (Å²) >= 11 is 0.